The lowest BCUT2D eigenvalue weighted by Crippen LogP contribution is -2.22. The fourth-order valence-corrected chi connectivity index (χ4v) is 3.67. The van der Waals surface area contributed by atoms with Crippen LogP contribution in [0.5, 0.6) is 5.88 Å². The number of nitrogens with two attached hydrogens (primary N) is 1. The molecular weight excluding hydrogens is 380 g/mol. The Balaban J connectivity index is 1.69. The predicted molar refractivity (Wildman–Crippen MR) is 107 cm³/mol. The molecule has 146 valence electrons. The number of allylic oxidation sites excluding steroid dienone is 1. The molecule has 9 heteroatoms. The van der Waals surface area contributed by atoms with Gasteiger partial charge in [-0.25, -0.2) is 9.67 Å². The van der Waals surface area contributed by atoms with Crippen LogP contribution in [0, 0.1) is 11.3 Å². The highest BCUT2D eigenvalue weighted by Gasteiger charge is 2.37. The van der Waals surface area contributed by atoms with Gasteiger partial charge in [-0.15, -0.1) is 0 Å². The van der Waals surface area contributed by atoms with E-state index in [4.69, 9.17) is 10.5 Å². The molecule has 1 aliphatic heterocycles. The number of rotatable bonds is 3. The molecule has 0 aliphatic carbocycles. The second-order valence-corrected chi connectivity index (χ2v) is 6.77. The summed E-state index contributed by atoms with van der Waals surface area (Å²) in [5.74, 6) is 0.111. The maximum Gasteiger partial charge on any atom is 0.224 e. The Kier molecular flexibility index (Phi) is 4.03. The maximum absolute atomic E-state index is 9.86. The lowest BCUT2D eigenvalue weighted by atomic mass is 9.83. The van der Waals surface area contributed by atoms with E-state index < -0.39 is 5.92 Å². The third kappa shape index (κ3) is 2.70. The van der Waals surface area contributed by atoms with Crippen LogP contribution in [0.2, 0.25) is 0 Å². The van der Waals surface area contributed by atoms with Gasteiger partial charge in [0.15, 0.2) is 0 Å². The van der Waals surface area contributed by atoms with Gasteiger partial charge in [-0.1, -0.05) is 12.1 Å². The Morgan fingerprint density at radius 1 is 1.13 bits per heavy atom. The standard InChI is InChI=1S/C21H16N8O/c1-28-21-18(19(27-28)16-11-24-6-7-26-16)17(15(10-22)20(23)30-21)13-2-4-14(5-3-13)29-9-8-25-12-29/h2-9,11-12,17H,23H2,1H3. The minimum Gasteiger partial charge on any atom is -0.422 e. The Morgan fingerprint density at radius 3 is 2.63 bits per heavy atom. The fourth-order valence-electron chi connectivity index (χ4n) is 3.67. The first-order chi connectivity index (χ1) is 14.7. The van der Waals surface area contributed by atoms with Gasteiger partial charge < -0.3 is 15.0 Å². The van der Waals surface area contributed by atoms with E-state index in [1.165, 1.54) is 0 Å². The van der Waals surface area contributed by atoms with E-state index in [1.807, 2.05) is 35.0 Å². The molecule has 0 fully saturated rings. The Hall–Kier alpha value is -4.45. The van der Waals surface area contributed by atoms with Crippen molar-refractivity contribution in [2.24, 2.45) is 12.8 Å². The zero-order valence-electron chi connectivity index (χ0n) is 16.0. The molecule has 3 aromatic heterocycles. The van der Waals surface area contributed by atoms with Gasteiger partial charge in [0.25, 0.3) is 0 Å². The Bertz CT molecular complexity index is 1280. The maximum atomic E-state index is 9.86. The SMILES string of the molecule is Cn1nc(-c2cnccn2)c2c1OC(N)=C(C#N)C2c1ccc(-n2ccnc2)cc1. The number of aromatic nitrogens is 6. The van der Waals surface area contributed by atoms with Crippen molar-refractivity contribution in [1.29, 1.82) is 5.26 Å². The Morgan fingerprint density at radius 2 is 1.97 bits per heavy atom. The number of benzene rings is 1. The lowest BCUT2D eigenvalue weighted by Gasteiger charge is -2.24. The monoisotopic (exact) mass is 396 g/mol. The van der Waals surface area contributed by atoms with Gasteiger partial charge in [-0.05, 0) is 17.7 Å². The molecule has 1 aromatic carbocycles. The highest BCUT2D eigenvalue weighted by molar-refractivity contribution is 5.68. The van der Waals surface area contributed by atoms with Crippen LogP contribution in [0.15, 0.2) is 73.0 Å². The average molecular weight is 396 g/mol. The van der Waals surface area contributed by atoms with Crippen molar-refractivity contribution < 1.29 is 4.74 Å². The van der Waals surface area contributed by atoms with Gasteiger partial charge in [0.05, 0.1) is 24.0 Å². The first-order valence-corrected chi connectivity index (χ1v) is 9.16. The highest BCUT2D eigenvalue weighted by atomic mass is 16.5. The van der Waals surface area contributed by atoms with Crippen molar-refractivity contribution >= 4 is 0 Å². The van der Waals surface area contributed by atoms with E-state index in [1.54, 1.807) is 42.8 Å². The molecule has 0 radical (unpaired) electrons. The van der Waals surface area contributed by atoms with Crippen LogP contribution in [0.1, 0.15) is 17.0 Å². The summed E-state index contributed by atoms with van der Waals surface area (Å²) >= 11 is 0. The number of imidazole rings is 1. The summed E-state index contributed by atoms with van der Waals surface area (Å²) in [6.45, 7) is 0. The minimum atomic E-state index is -0.443. The van der Waals surface area contributed by atoms with Crippen LogP contribution in [-0.2, 0) is 7.05 Å². The summed E-state index contributed by atoms with van der Waals surface area (Å²) in [5.41, 5.74) is 10.2. The van der Waals surface area contributed by atoms with Crippen LogP contribution in [0.25, 0.3) is 17.1 Å². The van der Waals surface area contributed by atoms with E-state index in [2.05, 4.69) is 26.1 Å². The topological polar surface area (TPSA) is 120 Å². The first-order valence-electron chi connectivity index (χ1n) is 9.16. The van der Waals surface area contributed by atoms with Crippen LogP contribution in [0.4, 0.5) is 0 Å². The number of hydrogen-bond acceptors (Lipinski definition) is 7. The molecule has 1 aliphatic rings. The minimum absolute atomic E-state index is 0.0716. The van der Waals surface area contributed by atoms with E-state index in [-0.39, 0.29) is 5.88 Å². The van der Waals surface area contributed by atoms with Crippen LogP contribution >= 0.6 is 0 Å². The average Bonchev–Trinajstić information content (AvgIpc) is 3.42. The number of hydrogen-bond donors (Lipinski definition) is 1. The summed E-state index contributed by atoms with van der Waals surface area (Å²) in [7, 11) is 1.77. The zero-order chi connectivity index (χ0) is 20.7. The zero-order valence-corrected chi connectivity index (χ0v) is 16.0. The van der Waals surface area contributed by atoms with Crippen molar-refractivity contribution in [3.63, 3.8) is 0 Å². The Labute approximate surface area is 171 Å². The molecule has 0 saturated carbocycles. The molecule has 1 unspecified atom stereocenters. The molecule has 5 rings (SSSR count). The largest absolute Gasteiger partial charge is 0.422 e. The molecule has 4 aromatic rings. The predicted octanol–water partition coefficient (Wildman–Crippen LogP) is 2.28. The van der Waals surface area contributed by atoms with Crippen molar-refractivity contribution in [1.82, 2.24) is 29.3 Å². The summed E-state index contributed by atoms with van der Waals surface area (Å²) in [4.78, 5) is 12.6. The summed E-state index contributed by atoms with van der Waals surface area (Å²) in [6.07, 6.45) is 10.2. The molecular formula is C21H16N8O. The molecule has 4 heterocycles. The summed E-state index contributed by atoms with van der Waals surface area (Å²) in [5, 5.41) is 14.4. The second-order valence-electron chi connectivity index (χ2n) is 6.77. The van der Waals surface area contributed by atoms with Gasteiger partial charge in [0, 0.05) is 37.5 Å². The number of nitrogens with zero attached hydrogens (tertiary/aromatic N) is 7. The smallest absolute Gasteiger partial charge is 0.224 e. The van der Waals surface area contributed by atoms with Crippen LogP contribution < -0.4 is 10.5 Å². The number of ether oxygens (including phenoxy) is 1. The molecule has 1 atom stereocenters. The quantitative estimate of drug-likeness (QED) is 0.564. The molecule has 0 bridgehead atoms. The molecule has 2 N–H and O–H groups in total. The van der Waals surface area contributed by atoms with Gasteiger partial charge in [-0.2, -0.15) is 10.4 Å². The number of aryl methyl sites for hydroxylation is 1. The van der Waals surface area contributed by atoms with Gasteiger partial charge >= 0.3 is 0 Å². The normalized spacial score (nSPS) is 15.4. The van der Waals surface area contributed by atoms with Crippen molar-refractivity contribution in [2.75, 3.05) is 0 Å². The van der Waals surface area contributed by atoms with Crippen LogP contribution in [0.3, 0.4) is 0 Å². The molecule has 30 heavy (non-hydrogen) atoms. The third-order valence-electron chi connectivity index (χ3n) is 5.03. The van der Waals surface area contributed by atoms with Crippen LogP contribution in [-0.4, -0.2) is 29.3 Å². The van der Waals surface area contributed by atoms with Gasteiger partial charge in [0.2, 0.25) is 11.8 Å². The molecule has 9 nitrogen and oxygen atoms in total. The van der Waals surface area contributed by atoms with E-state index >= 15 is 0 Å². The van der Waals surface area contributed by atoms with Crippen molar-refractivity contribution in [3.05, 3.63) is 84.2 Å². The summed E-state index contributed by atoms with van der Waals surface area (Å²) in [6, 6.07) is 10.1. The molecule has 0 spiro atoms. The van der Waals surface area contributed by atoms with E-state index in [0.717, 1.165) is 16.8 Å². The first kappa shape index (κ1) is 17.6. The van der Waals surface area contributed by atoms with Crippen molar-refractivity contribution in [3.8, 4) is 29.0 Å². The second kappa shape index (κ2) is 6.86. The van der Waals surface area contributed by atoms with Crippen molar-refractivity contribution in [2.45, 2.75) is 5.92 Å². The fraction of sp³-hybridized carbons (Fsp3) is 0.0952. The molecule has 0 amide bonds. The number of fused-ring (bicyclic) bond motifs is 1. The molecule has 0 saturated heterocycles. The van der Waals surface area contributed by atoms with Gasteiger partial charge in [-0.3, -0.25) is 9.97 Å². The van der Waals surface area contributed by atoms with Gasteiger partial charge in [0.1, 0.15) is 23.0 Å². The number of nitriles is 1. The van der Waals surface area contributed by atoms with E-state index in [0.29, 0.717) is 22.8 Å². The summed E-state index contributed by atoms with van der Waals surface area (Å²) < 4.78 is 9.29. The highest BCUT2D eigenvalue weighted by Crippen LogP contribution is 2.46. The third-order valence-corrected chi connectivity index (χ3v) is 5.03. The lowest BCUT2D eigenvalue weighted by molar-refractivity contribution is 0.358. The van der Waals surface area contributed by atoms with E-state index in [9.17, 15) is 5.26 Å².